The van der Waals surface area contributed by atoms with Crippen molar-refractivity contribution in [1.82, 2.24) is 9.21 Å². The molecule has 0 spiro atoms. The van der Waals surface area contributed by atoms with Crippen molar-refractivity contribution < 1.29 is 17.9 Å². The summed E-state index contributed by atoms with van der Waals surface area (Å²) in [6, 6.07) is 6.49. The van der Waals surface area contributed by atoms with E-state index in [9.17, 15) is 13.2 Å². The van der Waals surface area contributed by atoms with Crippen LogP contribution in [0.4, 0.5) is 0 Å². The number of halogens is 1. The molecule has 0 bridgehead atoms. The van der Waals surface area contributed by atoms with Crippen molar-refractivity contribution in [3.63, 3.8) is 0 Å². The molecule has 2 aliphatic rings. The zero-order valence-electron chi connectivity index (χ0n) is 15.5. The highest BCUT2D eigenvalue weighted by molar-refractivity contribution is 7.89. The van der Waals surface area contributed by atoms with Gasteiger partial charge in [-0.15, -0.1) is 12.4 Å². The second-order valence-corrected chi connectivity index (χ2v) is 8.96. The number of rotatable bonds is 5. The van der Waals surface area contributed by atoms with E-state index in [4.69, 9.17) is 10.5 Å². The molecule has 1 saturated carbocycles. The summed E-state index contributed by atoms with van der Waals surface area (Å²) in [5, 5.41) is 0. The van der Waals surface area contributed by atoms with Crippen LogP contribution in [-0.4, -0.2) is 62.9 Å². The summed E-state index contributed by atoms with van der Waals surface area (Å²) in [6.07, 6.45) is 3.57. The van der Waals surface area contributed by atoms with Crippen molar-refractivity contribution in [1.29, 1.82) is 0 Å². The van der Waals surface area contributed by atoms with Gasteiger partial charge in [-0.25, -0.2) is 8.42 Å². The molecule has 0 aromatic heterocycles. The molecule has 2 atom stereocenters. The van der Waals surface area contributed by atoms with Crippen LogP contribution in [0.15, 0.2) is 29.2 Å². The van der Waals surface area contributed by atoms with E-state index in [1.807, 2.05) is 0 Å². The lowest BCUT2D eigenvalue weighted by Crippen LogP contribution is -2.51. The Labute approximate surface area is 167 Å². The highest BCUT2D eigenvalue weighted by Gasteiger charge is 2.32. The number of sulfonamides is 1. The molecule has 0 unspecified atom stereocenters. The lowest BCUT2D eigenvalue weighted by Gasteiger charge is -2.34. The molecule has 1 heterocycles. The Kier molecular flexibility index (Phi) is 7.50. The van der Waals surface area contributed by atoms with Gasteiger partial charge in [-0.1, -0.05) is 6.42 Å². The van der Waals surface area contributed by atoms with Crippen molar-refractivity contribution in [2.24, 2.45) is 11.7 Å². The molecule has 2 N–H and O–H groups in total. The number of hydrogen-bond acceptors (Lipinski definition) is 5. The molecule has 2 fully saturated rings. The molecule has 1 aliphatic carbocycles. The first-order valence-electron chi connectivity index (χ1n) is 9.09. The molecule has 7 nitrogen and oxygen atoms in total. The molecule has 9 heteroatoms. The quantitative estimate of drug-likeness (QED) is 0.783. The Balaban J connectivity index is 0.00000261. The lowest BCUT2D eigenvalue weighted by molar-refractivity contribution is -0.133. The molecule has 27 heavy (non-hydrogen) atoms. The minimum atomic E-state index is -3.55. The SMILES string of the molecule is COc1ccc(S(=O)(=O)N2CCN(C(=O)C[C@@H]3CCC[C@H]3N)CC2)cc1.Cl. The molecule has 1 aliphatic heterocycles. The predicted octanol–water partition coefficient (Wildman–Crippen LogP) is 1.47. The molecule has 1 saturated heterocycles. The third kappa shape index (κ3) is 4.93. The predicted molar refractivity (Wildman–Crippen MR) is 106 cm³/mol. The van der Waals surface area contributed by atoms with Crippen molar-refractivity contribution in [2.45, 2.75) is 36.6 Å². The number of benzene rings is 1. The summed E-state index contributed by atoms with van der Waals surface area (Å²) in [5.74, 6) is 0.974. The van der Waals surface area contributed by atoms with Gasteiger partial charge in [0.1, 0.15) is 5.75 Å². The maximum absolute atomic E-state index is 12.8. The van der Waals surface area contributed by atoms with E-state index in [1.54, 1.807) is 29.2 Å². The van der Waals surface area contributed by atoms with Gasteiger partial charge < -0.3 is 15.4 Å². The average Bonchev–Trinajstić information content (AvgIpc) is 3.06. The monoisotopic (exact) mass is 417 g/mol. The number of amides is 1. The largest absolute Gasteiger partial charge is 0.497 e. The summed E-state index contributed by atoms with van der Waals surface area (Å²) in [5.41, 5.74) is 6.05. The highest BCUT2D eigenvalue weighted by Crippen LogP contribution is 2.28. The molecule has 1 aromatic rings. The van der Waals surface area contributed by atoms with Crippen LogP contribution >= 0.6 is 12.4 Å². The van der Waals surface area contributed by atoms with E-state index in [-0.39, 0.29) is 35.2 Å². The van der Waals surface area contributed by atoms with Gasteiger partial charge in [0.25, 0.3) is 0 Å². The fourth-order valence-electron chi connectivity index (χ4n) is 3.75. The second-order valence-electron chi connectivity index (χ2n) is 7.02. The highest BCUT2D eigenvalue weighted by atomic mass is 35.5. The summed E-state index contributed by atoms with van der Waals surface area (Å²) < 4.78 is 32.0. The molecular weight excluding hydrogens is 390 g/mol. The number of nitrogens with two attached hydrogens (primary N) is 1. The average molecular weight is 418 g/mol. The summed E-state index contributed by atoms with van der Waals surface area (Å²) in [7, 11) is -2.01. The van der Waals surface area contributed by atoms with E-state index in [0.29, 0.717) is 38.3 Å². The van der Waals surface area contributed by atoms with E-state index < -0.39 is 10.0 Å². The Hall–Kier alpha value is -1.35. The van der Waals surface area contributed by atoms with Crippen molar-refractivity contribution in [3.8, 4) is 5.75 Å². The fraction of sp³-hybridized carbons (Fsp3) is 0.611. The standard InChI is InChI=1S/C18H27N3O4S.ClH/c1-25-15-5-7-16(8-6-15)26(23,24)21-11-9-20(10-12-21)18(22)13-14-3-2-4-17(14)19;/h5-8,14,17H,2-4,9-13,19H2,1H3;1H/t14-,17+;/m0./s1. The molecule has 1 amide bonds. The third-order valence-corrected chi connectivity index (χ3v) is 7.36. The van der Waals surface area contributed by atoms with Gasteiger partial charge in [-0.05, 0) is 43.0 Å². The topological polar surface area (TPSA) is 92.9 Å². The second kappa shape index (κ2) is 9.23. The first kappa shape index (κ1) is 21.9. The Morgan fingerprint density at radius 2 is 1.78 bits per heavy atom. The number of piperazine rings is 1. The van der Waals surface area contributed by atoms with E-state index >= 15 is 0 Å². The fourth-order valence-corrected chi connectivity index (χ4v) is 5.17. The Bertz CT molecular complexity index is 733. The molecule has 3 rings (SSSR count). The minimum Gasteiger partial charge on any atom is -0.497 e. The van der Waals surface area contributed by atoms with Gasteiger partial charge in [0, 0.05) is 38.6 Å². The number of carbonyl (C=O) groups is 1. The zero-order valence-corrected chi connectivity index (χ0v) is 17.2. The summed E-state index contributed by atoms with van der Waals surface area (Å²) >= 11 is 0. The van der Waals surface area contributed by atoms with Gasteiger partial charge >= 0.3 is 0 Å². The molecule has 152 valence electrons. The summed E-state index contributed by atoms with van der Waals surface area (Å²) in [4.78, 5) is 14.5. The van der Waals surface area contributed by atoms with Crippen LogP contribution < -0.4 is 10.5 Å². The van der Waals surface area contributed by atoms with Crippen molar-refractivity contribution in [3.05, 3.63) is 24.3 Å². The number of ether oxygens (including phenoxy) is 1. The molecule has 0 radical (unpaired) electrons. The molecular formula is C18H28ClN3O4S. The van der Waals surface area contributed by atoms with E-state index in [0.717, 1.165) is 19.3 Å². The zero-order chi connectivity index (χ0) is 18.7. The van der Waals surface area contributed by atoms with E-state index in [2.05, 4.69) is 0 Å². The van der Waals surface area contributed by atoms with Crippen LogP contribution in [0.25, 0.3) is 0 Å². The maximum atomic E-state index is 12.8. The first-order chi connectivity index (χ1) is 12.4. The van der Waals surface area contributed by atoms with Crippen molar-refractivity contribution in [2.75, 3.05) is 33.3 Å². The van der Waals surface area contributed by atoms with Crippen LogP contribution in [0.1, 0.15) is 25.7 Å². The van der Waals surface area contributed by atoms with Crippen LogP contribution in [0.2, 0.25) is 0 Å². The van der Waals surface area contributed by atoms with Gasteiger partial charge in [0.05, 0.1) is 12.0 Å². The third-order valence-electron chi connectivity index (χ3n) is 5.44. The number of methoxy groups -OCH3 is 1. The number of nitrogens with zero attached hydrogens (tertiary/aromatic N) is 2. The van der Waals surface area contributed by atoms with Crippen molar-refractivity contribution >= 4 is 28.3 Å². The van der Waals surface area contributed by atoms with Gasteiger partial charge in [-0.2, -0.15) is 4.31 Å². The normalized spacial score (nSPS) is 23.7. The number of carbonyl (C=O) groups excluding carboxylic acids is 1. The van der Waals surface area contributed by atoms with Gasteiger partial charge in [0.15, 0.2) is 0 Å². The van der Waals surface area contributed by atoms with Crippen LogP contribution in [0.5, 0.6) is 5.75 Å². The van der Waals surface area contributed by atoms with E-state index in [1.165, 1.54) is 11.4 Å². The maximum Gasteiger partial charge on any atom is 0.243 e. The minimum absolute atomic E-state index is 0. The summed E-state index contributed by atoms with van der Waals surface area (Å²) in [6.45, 7) is 1.49. The Morgan fingerprint density at radius 1 is 1.15 bits per heavy atom. The van der Waals surface area contributed by atoms with Gasteiger partial charge in [0.2, 0.25) is 15.9 Å². The Morgan fingerprint density at radius 3 is 2.30 bits per heavy atom. The van der Waals surface area contributed by atoms with Crippen LogP contribution in [0, 0.1) is 5.92 Å². The van der Waals surface area contributed by atoms with Gasteiger partial charge in [-0.3, -0.25) is 4.79 Å². The van der Waals surface area contributed by atoms with Crippen LogP contribution in [-0.2, 0) is 14.8 Å². The van der Waals surface area contributed by atoms with Crippen LogP contribution in [0.3, 0.4) is 0 Å². The first-order valence-corrected chi connectivity index (χ1v) is 10.5. The molecule has 1 aromatic carbocycles. The lowest BCUT2D eigenvalue weighted by atomic mass is 9.99. The smallest absolute Gasteiger partial charge is 0.243 e. The number of hydrogen-bond donors (Lipinski definition) is 1.